The van der Waals surface area contributed by atoms with E-state index in [1.54, 1.807) is 11.0 Å². The first-order chi connectivity index (χ1) is 23.8. The molecule has 2 heterocycles. The van der Waals surface area contributed by atoms with E-state index in [9.17, 15) is 9.59 Å². The molecule has 1 aliphatic carbocycles. The predicted octanol–water partition coefficient (Wildman–Crippen LogP) is 9.88. The zero-order valence-corrected chi connectivity index (χ0v) is 32.8. The van der Waals surface area contributed by atoms with Gasteiger partial charge in [-0.25, -0.2) is 13.6 Å². The van der Waals surface area contributed by atoms with Crippen molar-refractivity contribution in [2.24, 2.45) is 0 Å². The molecule has 51 heavy (non-hydrogen) atoms. The van der Waals surface area contributed by atoms with E-state index in [0.717, 1.165) is 5.56 Å². The minimum Gasteiger partial charge on any atom is -0.480 e. The Balaban J connectivity index is 1.53. The van der Waals surface area contributed by atoms with Crippen LogP contribution >= 0.6 is 11.6 Å². The molecule has 7 nitrogen and oxygen atoms in total. The zero-order valence-electron chi connectivity index (χ0n) is 31.1. The van der Waals surface area contributed by atoms with Gasteiger partial charge < -0.3 is 24.1 Å². The molecule has 1 fully saturated rings. The summed E-state index contributed by atoms with van der Waals surface area (Å²) in [6, 6.07) is 11.9. The van der Waals surface area contributed by atoms with Crippen molar-refractivity contribution < 1.29 is 32.3 Å². The van der Waals surface area contributed by atoms with Crippen LogP contribution in [0.2, 0.25) is 23.2 Å². The number of nitrogens with one attached hydrogen (secondary N) is 1. The van der Waals surface area contributed by atoms with Crippen molar-refractivity contribution in [2.45, 2.75) is 115 Å². The molecule has 2 aliphatic heterocycles. The Labute approximate surface area is 306 Å². The standard InChI is InChI=1S/C40H49ClF2N2O5Si/c1-38(2,3)49-37(47)45-19-13-16-31(45)40(23-14-11-10-12-15-23)22-27-30(48-40)21-28(42)34(41)32(27)33-26(36(46)44-7)20-25-24(35(33)43)17-18-29(25)50-51(8,9)39(4,5)6/h10-12,14-15,20-21,29,31H,13,16-19,22H2,1-9H3,(H,44,46)/t29?,31-,40-/m0/s1. The summed E-state index contributed by atoms with van der Waals surface area (Å²) in [4.78, 5) is 29.0. The summed E-state index contributed by atoms with van der Waals surface area (Å²) in [5.74, 6) is -1.75. The number of likely N-dealkylation sites (tertiary alicyclic amines) is 1. The Morgan fingerprint density at radius 1 is 1.02 bits per heavy atom. The Morgan fingerprint density at radius 3 is 2.33 bits per heavy atom. The lowest BCUT2D eigenvalue weighted by atomic mass is 9.79. The second-order valence-electron chi connectivity index (χ2n) is 16.6. The first-order valence-electron chi connectivity index (χ1n) is 17.8. The summed E-state index contributed by atoms with van der Waals surface area (Å²) in [6.45, 7) is 16.7. The second-order valence-corrected chi connectivity index (χ2v) is 21.7. The SMILES string of the molecule is CNC(=O)c1cc2c(c(F)c1-c1c(Cl)c(F)cc3c1C[C@](c1ccccc1)([C@@H]1CCCN1C(=O)OC(C)(C)C)O3)CCC2O[Si](C)(C)C(C)(C)C. The van der Waals surface area contributed by atoms with Crippen molar-refractivity contribution in [3.05, 3.63) is 86.9 Å². The van der Waals surface area contributed by atoms with E-state index < -0.39 is 49.2 Å². The largest absolute Gasteiger partial charge is 0.480 e. The van der Waals surface area contributed by atoms with Gasteiger partial charge in [0.05, 0.1) is 22.7 Å². The Morgan fingerprint density at radius 2 is 1.71 bits per heavy atom. The molecule has 0 radical (unpaired) electrons. The summed E-state index contributed by atoms with van der Waals surface area (Å²) >= 11 is 6.84. The van der Waals surface area contributed by atoms with Crippen molar-refractivity contribution in [1.29, 1.82) is 0 Å². The van der Waals surface area contributed by atoms with E-state index in [2.05, 4.69) is 39.2 Å². The first-order valence-corrected chi connectivity index (χ1v) is 21.1. The van der Waals surface area contributed by atoms with Gasteiger partial charge in [-0.3, -0.25) is 4.79 Å². The van der Waals surface area contributed by atoms with E-state index in [0.29, 0.717) is 48.9 Å². The van der Waals surface area contributed by atoms with Crippen LogP contribution in [0.4, 0.5) is 13.6 Å². The average Bonchev–Trinajstić information content (AvgIpc) is 3.79. The first kappa shape index (κ1) is 37.3. The molecule has 274 valence electrons. The fourth-order valence-electron chi connectivity index (χ4n) is 7.61. The number of amides is 2. The normalized spacial score (nSPS) is 21.7. The van der Waals surface area contributed by atoms with E-state index in [1.807, 2.05) is 51.1 Å². The van der Waals surface area contributed by atoms with Crippen molar-refractivity contribution in [3.8, 4) is 16.9 Å². The molecular weight excluding hydrogens is 690 g/mol. The lowest BCUT2D eigenvalue weighted by molar-refractivity contribution is -0.0216. The number of hydrogen-bond donors (Lipinski definition) is 1. The van der Waals surface area contributed by atoms with Gasteiger partial charge in [-0.05, 0) is 87.3 Å². The highest BCUT2D eigenvalue weighted by atomic mass is 35.5. The lowest BCUT2D eigenvalue weighted by Gasteiger charge is -2.40. The maximum atomic E-state index is 17.3. The summed E-state index contributed by atoms with van der Waals surface area (Å²) in [6.07, 6.45) is 1.56. The van der Waals surface area contributed by atoms with Crippen LogP contribution < -0.4 is 10.1 Å². The van der Waals surface area contributed by atoms with Gasteiger partial charge in [0.25, 0.3) is 5.91 Å². The quantitative estimate of drug-likeness (QED) is 0.255. The molecule has 1 unspecified atom stereocenters. The third-order valence-corrected chi connectivity index (χ3v) is 15.9. The number of carbonyl (C=O) groups is 2. The smallest absolute Gasteiger partial charge is 0.410 e. The van der Waals surface area contributed by atoms with Gasteiger partial charge in [0.15, 0.2) is 13.9 Å². The minimum atomic E-state index is -2.25. The molecule has 2 amide bonds. The number of carbonyl (C=O) groups excluding carboxylic acids is 2. The molecule has 6 rings (SSSR count). The average molecular weight is 739 g/mol. The van der Waals surface area contributed by atoms with Crippen LogP contribution in [0.5, 0.6) is 5.75 Å². The molecular formula is C40H49ClF2N2O5Si. The Kier molecular flexibility index (Phi) is 9.64. The summed E-state index contributed by atoms with van der Waals surface area (Å²) in [5, 5.41) is 2.29. The molecule has 0 aromatic heterocycles. The van der Waals surface area contributed by atoms with Gasteiger partial charge in [-0.1, -0.05) is 62.7 Å². The topological polar surface area (TPSA) is 77.1 Å². The molecule has 1 saturated heterocycles. The molecule has 3 aliphatic rings. The van der Waals surface area contributed by atoms with Gasteiger partial charge in [0.1, 0.15) is 23.0 Å². The van der Waals surface area contributed by atoms with Crippen molar-refractivity contribution in [3.63, 3.8) is 0 Å². The number of nitrogens with zero attached hydrogens (tertiary/aromatic N) is 1. The van der Waals surface area contributed by atoms with Gasteiger partial charge in [0.2, 0.25) is 0 Å². The number of benzene rings is 3. The third-order valence-electron chi connectivity index (χ3n) is 11.1. The monoisotopic (exact) mass is 738 g/mol. The van der Waals surface area contributed by atoms with E-state index in [1.165, 1.54) is 13.1 Å². The van der Waals surface area contributed by atoms with Crippen molar-refractivity contribution in [1.82, 2.24) is 10.2 Å². The van der Waals surface area contributed by atoms with E-state index in [-0.39, 0.29) is 45.0 Å². The Bertz CT molecular complexity index is 1870. The van der Waals surface area contributed by atoms with Gasteiger partial charge in [-0.15, -0.1) is 0 Å². The number of rotatable bonds is 6. The fraction of sp³-hybridized carbons (Fsp3) is 0.500. The molecule has 11 heteroatoms. The van der Waals surface area contributed by atoms with Crippen LogP contribution in [0.1, 0.15) is 99.5 Å². The highest BCUT2D eigenvalue weighted by Crippen LogP contribution is 2.54. The van der Waals surface area contributed by atoms with Crippen LogP contribution in [0.25, 0.3) is 11.1 Å². The number of halogens is 3. The number of fused-ring (bicyclic) bond motifs is 2. The summed E-state index contributed by atoms with van der Waals surface area (Å²) in [5.41, 5.74) is 0.488. The Hall–Kier alpha value is -3.47. The fourth-order valence-corrected chi connectivity index (χ4v) is 9.18. The highest BCUT2D eigenvalue weighted by Gasteiger charge is 2.54. The number of ether oxygens (including phenoxy) is 2. The maximum Gasteiger partial charge on any atom is 0.410 e. The van der Waals surface area contributed by atoms with Crippen molar-refractivity contribution >= 4 is 31.9 Å². The highest BCUT2D eigenvalue weighted by molar-refractivity contribution is 6.74. The van der Waals surface area contributed by atoms with Crippen LogP contribution in [-0.4, -0.2) is 50.5 Å². The van der Waals surface area contributed by atoms with Crippen LogP contribution in [0, 0.1) is 11.6 Å². The van der Waals surface area contributed by atoms with Gasteiger partial charge >= 0.3 is 6.09 Å². The van der Waals surface area contributed by atoms with E-state index in [4.69, 9.17) is 25.5 Å². The second kappa shape index (κ2) is 13.2. The molecule has 3 atom stereocenters. The molecule has 3 aromatic carbocycles. The summed E-state index contributed by atoms with van der Waals surface area (Å²) < 4.78 is 52.7. The number of hydrogen-bond acceptors (Lipinski definition) is 5. The molecule has 0 bridgehead atoms. The molecule has 3 aromatic rings. The lowest BCUT2D eigenvalue weighted by Crippen LogP contribution is -2.53. The molecule has 0 spiro atoms. The molecule has 1 N–H and O–H groups in total. The van der Waals surface area contributed by atoms with Crippen molar-refractivity contribution in [2.75, 3.05) is 13.6 Å². The van der Waals surface area contributed by atoms with Crippen LogP contribution in [0.3, 0.4) is 0 Å². The minimum absolute atomic E-state index is 0.0441. The summed E-state index contributed by atoms with van der Waals surface area (Å²) in [7, 11) is -0.773. The maximum absolute atomic E-state index is 17.3. The third kappa shape index (κ3) is 6.57. The van der Waals surface area contributed by atoms with Gasteiger partial charge in [0, 0.05) is 42.8 Å². The zero-order chi connectivity index (χ0) is 37.3. The molecule has 0 saturated carbocycles. The van der Waals surface area contributed by atoms with Crippen LogP contribution in [-0.2, 0) is 27.6 Å². The van der Waals surface area contributed by atoms with E-state index >= 15 is 8.78 Å². The van der Waals surface area contributed by atoms with Crippen LogP contribution in [0.15, 0.2) is 42.5 Å². The van der Waals surface area contributed by atoms with Gasteiger partial charge in [-0.2, -0.15) is 0 Å². The predicted molar refractivity (Wildman–Crippen MR) is 198 cm³/mol.